The number of halogens is 1. The predicted molar refractivity (Wildman–Crippen MR) is 76.5 cm³/mol. The molecule has 0 unspecified atom stereocenters. The number of nitrogens with zero attached hydrogens (tertiary/aromatic N) is 2. The molecular formula is C14H18ClN3O. The van der Waals surface area contributed by atoms with Crippen molar-refractivity contribution in [1.29, 1.82) is 0 Å². The third kappa shape index (κ3) is 3.28. The predicted octanol–water partition coefficient (Wildman–Crippen LogP) is 2.46. The number of aromatic nitrogens is 2. The Morgan fingerprint density at radius 3 is 2.84 bits per heavy atom. The standard InChI is InChI=1S/C14H18ClN3O/c1-10-14(15)13(18(2)17-10)9-19-12-5-3-4-11(8-12)6-7-16/h3-5,8H,6-7,9,16H2,1-2H3. The number of ether oxygens (including phenoxy) is 1. The summed E-state index contributed by atoms with van der Waals surface area (Å²) in [6.07, 6.45) is 0.850. The minimum atomic E-state index is 0.405. The van der Waals surface area contributed by atoms with Gasteiger partial charge in [0.05, 0.1) is 16.4 Å². The molecule has 2 N–H and O–H groups in total. The molecule has 4 nitrogen and oxygen atoms in total. The zero-order chi connectivity index (χ0) is 13.8. The van der Waals surface area contributed by atoms with E-state index in [0.29, 0.717) is 18.2 Å². The van der Waals surface area contributed by atoms with Crippen LogP contribution >= 0.6 is 11.6 Å². The minimum absolute atomic E-state index is 0.405. The third-order valence-corrected chi connectivity index (χ3v) is 3.46. The van der Waals surface area contributed by atoms with Crippen molar-refractivity contribution in [2.45, 2.75) is 20.0 Å². The molecule has 0 aliphatic carbocycles. The highest BCUT2D eigenvalue weighted by Gasteiger charge is 2.11. The Labute approximate surface area is 118 Å². The Bertz CT molecular complexity index is 566. The molecule has 5 heteroatoms. The largest absolute Gasteiger partial charge is 0.487 e. The van der Waals surface area contributed by atoms with Gasteiger partial charge in [-0.1, -0.05) is 23.7 Å². The average Bonchev–Trinajstić information content (AvgIpc) is 2.62. The number of aryl methyl sites for hydroxylation is 2. The summed E-state index contributed by atoms with van der Waals surface area (Å²) in [6, 6.07) is 7.94. The summed E-state index contributed by atoms with van der Waals surface area (Å²) in [5.74, 6) is 0.820. The van der Waals surface area contributed by atoms with Crippen LogP contribution in [0.25, 0.3) is 0 Å². The van der Waals surface area contributed by atoms with E-state index in [-0.39, 0.29) is 0 Å². The van der Waals surface area contributed by atoms with Gasteiger partial charge in [0.1, 0.15) is 12.4 Å². The molecule has 1 heterocycles. The van der Waals surface area contributed by atoms with Crippen LogP contribution in [0.4, 0.5) is 0 Å². The van der Waals surface area contributed by atoms with Gasteiger partial charge in [0.25, 0.3) is 0 Å². The molecule has 19 heavy (non-hydrogen) atoms. The molecule has 0 atom stereocenters. The maximum absolute atomic E-state index is 6.18. The molecule has 0 amide bonds. The number of hydrogen-bond donors (Lipinski definition) is 1. The Morgan fingerprint density at radius 2 is 2.21 bits per heavy atom. The van der Waals surface area contributed by atoms with Crippen LogP contribution in [0.15, 0.2) is 24.3 Å². The number of benzene rings is 1. The number of hydrogen-bond acceptors (Lipinski definition) is 3. The van der Waals surface area contributed by atoms with Crippen molar-refractivity contribution >= 4 is 11.6 Å². The van der Waals surface area contributed by atoms with Gasteiger partial charge < -0.3 is 10.5 Å². The third-order valence-electron chi connectivity index (χ3n) is 2.97. The van der Waals surface area contributed by atoms with Gasteiger partial charge in [0.15, 0.2) is 0 Å². The van der Waals surface area contributed by atoms with Gasteiger partial charge in [0, 0.05) is 7.05 Å². The second-order valence-electron chi connectivity index (χ2n) is 4.44. The van der Waals surface area contributed by atoms with Crippen LogP contribution in [-0.2, 0) is 20.1 Å². The quantitative estimate of drug-likeness (QED) is 0.915. The lowest BCUT2D eigenvalue weighted by Crippen LogP contribution is -2.05. The second kappa shape index (κ2) is 6.08. The van der Waals surface area contributed by atoms with Crippen molar-refractivity contribution in [3.63, 3.8) is 0 Å². The molecule has 1 aromatic carbocycles. The second-order valence-corrected chi connectivity index (χ2v) is 4.82. The zero-order valence-corrected chi connectivity index (χ0v) is 11.9. The van der Waals surface area contributed by atoms with Crippen LogP contribution in [0.2, 0.25) is 5.02 Å². The van der Waals surface area contributed by atoms with Crippen LogP contribution in [0, 0.1) is 6.92 Å². The van der Waals surface area contributed by atoms with E-state index in [1.165, 1.54) is 5.56 Å². The topological polar surface area (TPSA) is 53.1 Å². The maximum Gasteiger partial charge on any atom is 0.131 e. The minimum Gasteiger partial charge on any atom is -0.487 e. The summed E-state index contributed by atoms with van der Waals surface area (Å²) in [7, 11) is 1.86. The van der Waals surface area contributed by atoms with Gasteiger partial charge in [-0.05, 0) is 37.6 Å². The molecule has 1 aromatic heterocycles. The van der Waals surface area contributed by atoms with Crippen molar-refractivity contribution in [3.05, 3.63) is 46.2 Å². The van der Waals surface area contributed by atoms with Gasteiger partial charge in [-0.3, -0.25) is 4.68 Å². The Balaban J connectivity index is 2.08. The molecule has 0 aliphatic heterocycles. The van der Waals surface area contributed by atoms with Crippen LogP contribution in [0.1, 0.15) is 17.0 Å². The SMILES string of the molecule is Cc1nn(C)c(COc2cccc(CCN)c2)c1Cl. The lowest BCUT2D eigenvalue weighted by Gasteiger charge is -2.08. The van der Waals surface area contributed by atoms with E-state index in [1.54, 1.807) is 4.68 Å². The molecule has 0 aliphatic rings. The first kappa shape index (κ1) is 13.9. The van der Waals surface area contributed by atoms with E-state index in [0.717, 1.165) is 23.6 Å². The van der Waals surface area contributed by atoms with Crippen molar-refractivity contribution < 1.29 is 4.74 Å². The Morgan fingerprint density at radius 1 is 1.42 bits per heavy atom. The first-order chi connectivity index (χ1) is 9.11. The molecule has 0 saturated heterocycles. The lowest BCUT2D eigenvalue weighted by atomic mass is 10.1. The summed E-state index contributed by atoms with van der Waals surface area (Å²) < 4.78 is 7.52. The molecule has 0 spiro atoms. The first-order valence-electron chi connectivity index (χ1n) is 6.21. The Kier molecular flexibility index (Phi) is 4.45. The summed E-state index contributed by atoms with van der Waals surface area (Å²) in [5.41, 5.74) is 8.42. The fraction of sp³-hybridized carbons (Fsp3) is 0.357. The highest BCUT2D eigenvalue weighted by Crippen LogP contribution is 2.22. The van der Waals surface area contributed by atoms with E-state index in [2.05, 4.69) is 5.10 Å². The van der Waals surface area contributed by atoms with Crippen LogP contribution in [0.5, 0.6) is 5.75 Å². The van der Waals surface area contributed by atoms with Gasteiger partial charge in [-0.15, -0.1) is 0 Å². The van der Waals surface area contributed by atoms with E-state index in [4.69, 9.17) is 22.1 Å². The fourth-order valence-electron chi connectivity index (χ4n) is 1.95. The van der Waals surface area contributed by atoms with Crippen LogP contribution in [0.3, 0.4) is 0 Å². The molecular weight excluding hydrogens is 262 g/mol. The van der Waals surface area contributed by atoms with Crippen molar-refractivity contribution in [1.82, 2.24) is 9.78 Å². The normalized spacial score (nSPS) is 10.7. The van der Waals surface area contributed by atoms with E-state index in [9.17, 15) is 0 Å². The van der Waals surface area contributed by atoms with E-state index < -0.39 is 0 Å². The smallest absolute Gasteiger partial charge is 0.131 e. The van der Waals surface area contributed by atoms with E-state index in [1.807, 2.05) is 38.2 Å². The van der Waals surface area contributed by atoms with Gasteiger partial charge in [-0.2, -0.15) is 5.10 Å². The monoisotopic (exact) mass is 279 g/mol. The highest BCUT2D eigenvalue weighted by atomic mass is 35.5. The van der Waals surface area contributed by atoms with Gasteiger partial charge >= 0.3 is 0 Å². The zero-order valence-electron chi connectivity index (χ0n) is 11.2. The van der Waals surface area contributed by atoms with Crippen LogP contribution in [-0.4, -0.2) is 16.3 Å². The van der Waals surface area contributed by atoms with Crippen molar-refractivity contribution in [3.8, 4) is 5.75 Å². The fourth-order valence-corrected chi connectivity index (χ4v) is 2.16. The molecule has 102 valence electrons. The molecule has 0 radical (unpaired) electrons. The van der Waals surface area contributed by atoms with Crippen LogP contribution < -0.4 is 10.5 Å². The summed E-state index contributed by atoms with van der Waals surface area (Å²) in [6.45, 7) is 2.92. The summed E-state index contributed by atoms with van der Waals surface area (Å²) in [5, 5.41) is 4.93. The molecule has 0 saturated carbocycles. The maximum atomic E-state index is 6.18. The van der Waals surface area contributed by atoms with Gasteiger partial charge in [-0.25, -0.2) is 0 Å². The van der Waals surface area contributed by atoms with Gasteiger partial charge in [0.2, 0.25) is 0 Å². The van der Waals surface area contributed by atoms with E-state index >= 15 is 0 Å². The molecule has 0 fully saturated rings. The molecule has 0 bridgehead atoms. The highest BCUT2D eigenvalue weighted by molar-refractivity contribution is 6.31. The molecule has 2 aromatic rings. The number of nitrogens with two attached hydrogens (primary N) is 1. The first-order valence-corrected chi connectivity index (χ1v) is 6.59. The lowest BCUT2D eigenvalue weighted by molar-refractivity contribution is 0.294. The Hall–Kier alpha value is -1.52. The average molecular weight is 280 g/mol. The molecule has 2 rings (SSSR count). The van der Waals surface area contributed by atoms with Crippen molar-refractivity contribution in [2.24, 2.45) is 12.8 Å². The summed E-state index contributed by atoms with van der Waals surface area (Å²) in [4.78, 5) is 0. The summed E-state index contributed by atoms with van der Waals surface area (Å²) >= 11 is 6.18. The van der Waals surface area contributed by atoms with Crippen molar-refractivity contribution in [2.75, 3.05) is 6.54 Å². The number of rotatable bonds is 5.